The van der Waals surface area contributed by atoms with Crippen molar-refractivity contribution in [2.45, 2.75) is 38.5 Å². The van der Waals surface area contributed by atoms with Gasteiger partial charge in [-0.15, -0.1) is 0 Å². The van der Waals surface area contributed by atoms with Crippen LogP contribution in [0, 0.1) is 6.92 Å². The summed E-state index contributed by atoms with van der Waals surface area (Å²) in [4.78, 5) is 0. The smallest absolute Gasteiger partial charge is 0.00982 e. The standard InChI is InChI=1S/C24H24/c1-17-9-8-14-23(22-16-15-20-12-6-7-13-21(20)22)24(17)18(2)19-10-4-3-5-11-19/h3-14,18,22H,15-16H2,1-2H3. The Kier molecular flexibility index (Phi) is 3.98. The maximum absolute atomic E-state index is 2.36. The largest absolute Gasteiger partial charge is 0.0622 e. The Labute approximate surface area is 145 Å². The monoisotopic (exact) mass is 312 g/mol. The van der Waals surface area contributed by atoms with Crippen LogP contribution in [-0.2, 0) is 6.42 Å². The minimum Gasteiger partial charge on any atom is -0.0622 e. The van der Waals surface area contributed by atoms with Crippen LogP contribution >= 0.6 is 0 Å². The molecule has 0 heteroatoms. The number of hydrogen-bond donors (Lipinski definition) is 0. The van der Waals surface area contributed by atoms with Gasteiger partial charge in [0.05, 0.1) is 0 Å². The average Bonchev–Trinajstić information content (AvgIpc) is 3.06. The van der Waals surface area contributed by atoms with Gasteiger partial charge in [-0.25, -0.2) is 0 Å². The summed E-state index contributed by atoms with van der Waals surface area (Å²) in [6.45, 7) is 4.61. The highest BCUT2D eigenvalue weighted by Gasteiger charge is 2.27. The molecule has 0 heterocycles. The van der Waals surface area contributed by atoms with Gasteiger partial charge in [-0.3, -0.25) is 0 Å². The highest BCUT2D eigenvalue weighted by Crippen LogP contribution is 2.42. The zero-order valence-electron chi connectivity index (χ0n) is 14.5. The molecule has 3 aromatic rings. The number of hydrogen-bond acceptors (Lipinski definition) is 0. The molecule has 2 atom stereocenters. The van der Waals surface area contributed by atoms with E-state index in [0.717, 1.165) is 0 Å². The van der Waals surface area contributed by atoms with E-state index in [2.05, 4.69) is 86.6 Å². The fourth-order valence-electron chi connectivity index (χ4n) is 4.39. The zero-order chi connectivity index (χ0) is 16.5. The second-order valence-corrected chi connectivity index (χ2v) is 7.00. The van der Waals surface area contributed by atoms with E-state index in [1.807, 2.05) is 0 Å². The van der Waals surface area contributed by atoms with E-state index in [1.54, 1.807) is 0 Å². The van der Waals surface area contributed by atoms with Gasteiger partial charge in [0.2, 0.25) is 0 Å². The molecule has 0 amide bonds. The van der Waals surface area contributed by atoms with Gasteiger partial charge >= 0.3 is 0 Å². The van der Waals surface area contributed by atoms with Crippen LogP contribution in [0.1, 0.15) is 58.6 Å². The average molecular weight is 312 g/mol. The summed E-state index contributed by atoms with van der Waals surface area (Å²) in [5, 5.41) is 0. The molecule has 0 saturated carbocycles. The van der Waals surface area contributed by atoms with E-state index in [4.69, 9.17) is 0 Å². The molecular weight excluding hydrogens is 288 g/mol. The first-order valence-electron chi connectivity index (χ1n) is 8.98. The van der Waals surface area contributed by atoms with E-state index in [0.29, 0.717) is 11.8 Å². The molecule has 4 rings (SSSR count). The van der Waals surface area contributed by atoms with Gasteiger partial charge in [0.1, 0.15) is 0 Å². The Morgan fingerprint density at radius 1 is 0.792 bits per heavy atom. The number of fused-ring (bicyclic) bond motifs is 1. The van der Waals surface area contributed by atoms with Crippen LogP contribution < -0.4 is 0 Å². The lowest BCUT2D eigenvalue weighted by Crippen LogP contribution is -2.07. The second kappa shape index (κ2) is 6.28. The molecule has 0 spiro atoms. The Hall–Kier alpha value is -2.34. The molecule has 0 aliphatic heterocycles. The third kappa shape index (κ3) is 2.57. The van der Waals surface area contributed by atoms with Gasteiger partial charge in [0.25, 0.3) is 0 Å². The summed E-state index contributed by atoms with van der Waals surface area (Å²) < 4.78 is 0. The molecule has 0 bridgehead atoms. The van der Waals surface area contributed by atoms with Crippen LogP contribution in [0.2, 0.25) is 0 Å². The lowest BCUT2D eigenvalue weighted by molar-refractivity contribution is 0.759. The van der Waals surface area contributed by atoms with Gasteiger partial charge in [-0.05, 0) is 53.1 Å². The molecule has 1 aliphatic carbocycles. The first-order valence-corrected chi connectivity index (χ1v) is 8.98. The van der Waals surface area contributed by atoms with Gasteiger partial charge in [0, 0.05) is 11.8 Å². The van der Waals surface area contributed by atoms with Crippen molar-refractivity contribution < 1.29 is 0 Å². The third-order valence-electron chi connectivity index (χ3n) is 5.60. The Bertz CT molecular complexity index is 845. The summed E-state index contributed by atoms with van der Waals surface area (Å²) in [6, 6.07) is 26.7. The molecule has 0 fully saturated rings. The fourth-order valence-corrected chi connectivity index (χ4v) is 4.39. The number of benzene rings is 3. The molecule has 3 aromatic carbocycles. The van der Waals surface area contributed by atoms with Crippen LogP contribution in [0.4, 0.5) is 0 Å². The lowest BCUT2D eigenvalue weighted by atomic mass is 9.80. The van der Waals surface area contributed by atoms with Crippen molar-refractivity contribution in [3.05, 3.63) is 106 Å². The van der Waals surface area contributed by atoms with Crippen molar-refractivity contribution >= 4 is 0 Å². The third-order valence-corrected chi connectivity index (χ3v) is 5.60. The Morgan fingerprint density at radius 2 is 1.50 bits per heavy atom. The quantitative estimate of drug-likeness (QED) is 0.538. The molecular formula is C24H24. The van der Waals surface area contributed by atoms with E-state index in [9.17, 15) is 0 Å². The molecule has 0 aromatic heterocycles. The molecule has 24 heavy (non-hydrogen) atoms. The van der Waals surface area contributed by atoms with Crippen molar-refractivity contribution in [2.24, 2.45) is 0 Å². The first-order chi connectivity index (χ1) is 11.8. The minimum atomic E-state index is 0.426. The summed E-state index contributed by atoms with van der Waals surface area (Å²) in [7, 11) is 0. The van der Waals surface area contributed by atoms with Crippen LogP contribution in [-0.4, -0.2) is 0 Å². The SMILES string of the molecule is Cc1cccc(C2CCc3ccccc32)c1C(C)c1ccccc1. The highest BCUT2D eigenvalue weighted by atomic mass is 14.3. The van der Waals surface area contributed by atoms with Crippen LogP contribution in [0.15, 0.2) is 72.8 Å². The Balaban J connectivity index is 1.82. The molecule has 1 aliphatic rings. The van der Waals surface area contributed by atoms with E-state index >= 15 is 0 Å². The van der Waals surface area contributed by atoms with E-state index in [1.165, 1.54) is 46.2 Å². The summed E-state index contributed by atoms with van der Waals surface area (Å²) >= 11 is 0. The van der Waals surface area contributed by atoms with Gasteiger partial charge in [-0.2, -0.15) is 0 Å². The molecule has 2 unspecified atom stereocenters. The normalized spacial score (nSPS) is 17.5. The van der Waals surface area contributed by atoms with Crippen LogP contribution in [0.3, 0.4) is 0 Å². The molecule has 0 saturated heterocycles. The van der Waals surface area contributed by atoms with Crippen molar-refractivity contribution in [3.63, 3.8) is 0 Å². The lowest BCUT2D eigenvalue weighted by Gasteiger charge is -2.24. The summed E-state index contributed by atoms with van der Waals surface area (Å²) in [5.41, 5.74) is 8.92. The van der Waals surface area contributed by atoms with Crippen molar-refractivity contribution in [1.82, 2.24) is 0 Å². The maximum atomic E-state index is 2.36. The first kappa shape index (κ1) is 15.2. The van der Waals surface area contributed by atoms with Gasteiger partial charge < -0.3 is 0 Å². The minimum absolute atomic E-state index is 0.426. The zero-order valence-corrected chi connectivity index (χ0v) is 14.5. The highest BCUT2D eigenvalue weighted by molar-refractivity contribution is 5.50. The predicted octanol–water partition coefficient (Wildman–Crippen LogP) is 6.22. The van der Waals surface area contributed by atoms with E-state index in [-0.39, 0.29) is 0 Å². The number of rotatable bonds is 3. The maximum Gasteiger partial charge on any atom is 0.00982 e. The Morgan fingerprint density at radius 3 is 2.33 bits per heavy atom. The van der Waals surface area contributed by atoms with Crippen molar-refractivity contribution in [2.75, 3.05) is 0 Å². The van der Waals surface area contributed by atoms with Crippen LogP contribution in [0.25, 0.3) is 0 Å². The van der Waals surface area contributed by atoms with Gasteiger partial charge in [-0.1, -0.05) is 79.7 Å². The van der Waals surface area contributed by atoms with E-state index < -0.39 is 0 Å². The molecule has 0 N–H and O–H groups in total. The van der Waals surface area contributed by atoms with Crippen LogP contribution in [0.5, 0.6) is 0 Å². The summed E-state index contributed by atoms with van der Waals surface area (Å²) in [5.74, 6) is 0.970. The van der Waals surface area contributed by atoms with Crippen molar-refractivity contribution in [3.8, 4) is 0 Å². The topological polar surface area (TPSA) is 0 Å². The molecule has 0 radical (unpaired) electrons. The molecule has 120 valence electrons. The second-order valence-electron chi connectivity index (χ2n) is 7.00. The summed E-state index contributed by atoms with van der Waals surface area (Å²) in [6.07, 6.45) is 2.44. The fraction of sp³-hybridized carbons (Fsp3) is 0.250. The van der Waals surface area contributed by atoms with Crippen molar-refractivity contribution in [1.29, 1.82) is 0 Å². The number of aryl methyl sites for hydroxylation is 2. The van der Waals surface area contributed by atoms with Gasteiger partial charge in [0.15, 0.2) is 0 Å². The predicted molar refractivity (Wildman–Crippen MR) is 102 cm³/mol. The molecule has 0 nitrogen and oxygen atoms in total.